The zero-order valence-corrected chi connectivity index (χ0v) is 18.9. The monoisotopic (exact) mass is 433 g/mol. The van der Waals surface area contributed by atoms with Crippen molar-refractivity contribution >= 4 is 21.7 Å². The molecule has 0 saturated heterocycles. The van der Waals surface area contributed by atoms with E-state index in [1.807, 2.05) is 6.92 Å². The van der Waals surface area contributed by atoms with Gasteiger partial charge in [-0.05, 0) is 63.6 Å². The minimum Gasteiger partial charge on any atom is -0.494 e. The summed E-state index contributed by atoms with van der Waals surface area (Å²) in [4.78, 5) is 12.2. The smallest absolute Gasteiger partial charge is 0.307 e. The number of aryl methyl sites for hydroxylation is 1. The van der Waals surface area contributed by atoms with Crippen molar-refractivity contribution < 1.29 is 22.7 Å². The standard InChI is InChI=1S/C23H31NO5S/c1-5-7-16-29-21-12-10-20(11-13-21)24(19(4)17-23(25)28-6-2)30(26,27)22-14-8-18(3)9-15-22/h8-15,19H,5-7,16-17H2,1-4H3. The molecule has 0 radical (unpaired) electrons. The predicted octanol–water partition coefficient (Wildman–Crippen LogP) is 4.71. The molecule has 1 atom stereocenters. The van der Waals surface area contributed by atoms with Gasteiger partial charge in [0, 0.05) is 0 Å². The normalized spacial score (nSPS) is 12.3. The Morgan fingerprint density at radius 1 is 1.03 bits per heavy atom. The van der Waals surface area contributed by atoms with Crippen LogP contribution in [-0.4, -0.2) is 33.6 Å². The van der Waals surface area contributed by atoms with Crippen molar-refractivity contribution in [3.8, 4) is 5.75 Å². The van der Waals surface area contributed by atoms with E-state index < -0.39 is 22.0 Å². The van der Waals surface area contributed by atoms with E-state index in [4.69, 9.17) is 9.47 Å². The van der Waals surface area contributed by atoms with Gasteiger partial charge >= 0.3 is 5.97 Å². The van der Waals surface area contributed by atoms with Gasteiger partial charge < -0.3 is 9.47 Å². The highest BCUT2D eigenvalue weighted by Gasteiger charge is 2.31. The molecular weight excluding hydrogens is 402 g/mol. The summed E-state index contributed by atoms with van der Waals surface area (Å²) in [5.74, 6) is 0.242. The van der Waals surface area contributed by atoms with Crippen molar-refractivity contribution in [2.45, 2.75) is 57.9 Å². The van der Waals surface area contributed by atoms with Crippen molar-refractivity contribution in [1.29, 1.82) is 0 Å². The molecule has 6 nitrogen and oxygen atoms in total. The molecule has 0 N–H and O–H groups in total. The van der Waals surface area contributed by atoms with Crippen LogP contribution in [-0.2, 0) is 19.6 Å². The topological polar surface area (TPSA) is 72.9 Å². The first kappa shape index (κ1) is 23.7. The van der Waals surface area contributed by atoms with Gasteiger partial charge in [-0.3, -0.25) is 9.10 Å². The molecule has 0 saturated carbocycles. The largest absolute Gasteiger partial charge is 0.494 e. The highest BCUT2D eigenvalue weighted by molar-refractivity contribution is 7.92. The molecule has 2 rings (SSSR count). The molecular formula is C23H31NO5S. The first-order chi connectivity index (χ1) is 14.3. The van der Waals surface area contributed by atoms with Crippen LogP contribution in [0.4, 0.5) is 5.69 Å². The van der Waals surface area contributed by atoms with Crippen LogP contribution in [0.1, 0.15) is 45.6 Å². The summed E-state index contributed by atoms with van der Waals surface area (Å²) in [7, 11) is -3.88. The van der Waals surface area contributed by atoms with Gasteiger partial charge in [0.2, 0.25) is 0 Å². The van der Waals surface area contributed by atoms with Crippen molar-refractivity contribution in [2.24, 2.45) is 0 Å². The van der Waals surface area contributed by atoms with Crippen LogP contribution in [0.5, 0.6) is 5.75 Å². The number of carbonyl (C=O) groups excluding carboxylic acids is 1. The molecule has 7 heteroatoms. The number of hydrogen-bond acceptors (Lipinski definition) is 5. The quantitative estimate of drug-likeness (QED) is 0.379. The van der Waals surface area contributed by atoms with Crippen LogP contribution in [0.15, 0.2) is 53.4 Å². The molecule has 0 aliphatic carbocycles. The Labute approximate surface area is 179 Å². The van der Waals surface area contributed by atoms with Crippen molar-refractivity contribution in [3.63, 3.8) is 0 Å². The molecule has 30 heavy (non-hydrogen) atoms. The van der Waals surface area contributed by atoms with Gasteiger partial charge in [-0.2, -0.15) is 0 Å². The number of anilines is 1. The Kier molecular flexibility index (Phi) is 8.72. The molecule has 0 aromatic heterocycles. The van der Waals surface area contributed by atoms with Crippen molar-refractivity contribution in [1.82, 2.24) is 0 Å². The minimum atomic E-state index is -3.88. The zero-order chi connectivity index (χ0) is 22.1. The first-order valence-electron chi connectivity index (χ1n) is 10.3. The number of rotatable bonds is 11. The summed E-state index contributed by atoms with van der Waals surface area (Å²) in [6, 6.07) is 13.0. The highest BCUT2D eigenvalue weighted by Crippen LogP contribution is 2.29. The Balaban J connectivity index is 2.38. The minimum absolute atomic E-state index is 0.0479. The molecule has 1 unspecified atom stereocenters. The van der Waals surface area contributed by atoms with Gasteiger partial charge in [-0.15, -0.1) is 0 Å². The number of benzene rings is 2. The van der Waals surface area contributed by atoms with Crippen LogP contribution in [0.3, 0.4) is 0 Å². The summed E-state index contributed by atoms with van der Waals surface area (Å²) in [6.45, 7) is 8.27. The van der Waals surface area contributed by atoms with Crippen molar-refractivity contribution in [3.05, 3.63) is 54.1 Å². The highest BCUT2D eigenvalue weighted by atomic mass is 32.2. The van der Waals surface area contributed by atoms with E-state index in [1.54, 1.807) is 62.4 Å². The van der Waals surface area contributed by atoms with Gasteiger partial charge in [-0.25, -0.2) is 8.42 Å². The lowest BCUT2D eigenvalue weighted by Gasteiger charge is -2.30. The van der Waals surface area contributed by atoms with Gasteiger partial charge in [0.05, 0.1) is 36.3 Å². The Morgan fingerprint density at radius 2 is 1.67 bits per heavy atom. The molecule has 0 aliphatic heterocycles. The van der Waals surface area contributed by atoms with Gasteiger partial charge in [0.25, 0.3) is 10.0 Å². The summed E-state index contributed by atoms with van der Waals surface area (Å²) in [5.41, 5.74) is 1.43. The number of carbonyl (C=O) groups is 1. The molecule has 2 aromatic rings. The molecule has 2 aromatic carbocycles. The number of hydrogen-bond donors (Lipinski definition) is 0. The maximum atomic E-state index is 13.5. The Hall–Kier alpha value is -2.54. The van der Waals surface area contributed by atoms with E-state index in [0.717, 1.165) is 18.4 Å². The zero-order valence-electron chi connectivity index (χ0n) is 18.1. The number of ether oxygens (including phenoxy) is 2. The lowest BCUT2D eigenvalue weighted by atomic mass is 10.2. The second-order valence-corrected chi connectivity index (χ2v) is 8.98. The van der Waals surface area contributed by atoms with E-state index in [1.165, 1.54) is 4.31 Å². The molecule has 0 heterocycles. The average Bonchev–Trinajstić information content (AvgIpc) is 2.70. The molecule has 0 aliphatic rings. The second kappa shape index (κ2) is 11.0. The second-order valence-electron chi connectivity index (χ2n) is 7.17. The number of nitrogens with zero attached hydrogens (tertiary/aromatic N) is 1. The molecule has 0 spiro atoms. The third-order valence-corrected chi connectivity index (χ3v) is 6.56. The molecule has 164 valence electrons. The fourth-order valence-electron chi connectivity index (χ4n) is 3.02. The lowest BCUT2D eigenvalue weighted by molar-refractivity contribution is -0.143. The SMILES string of the molecule is CCCCOc1ccc(N(C(C)CC(=O)OCC)S(=O)(=O)c2ccc(C)cc2)cc1. The summed E-state index contributed by atoms with van der Waals surface area (Å²) >= 11 is 0. The van der Waals surface area contributed by atoms with Gasteiger partial charge in [-0.1, -0.05) is 31.0 Å². The van der Waals surface area contributed by atoms with Gasteiger partial charge in [0.15, 0.2) is 0 Å². The lowest BCUT2D eigenvalue weighted by Crippen LogP contribution is -2.40. The molecule has 0 amide bonds. The Bertz CT molecular complexity index is 908. The van der Waals surface area contributed by atoms with E-state index in [0.29, 0.717) is 18.0 Å². The summed E-state index contributed by atoms with van der Waals surface area (Å²) in [5, 5.41) is 0. The Morgan fingerprint density at radius 3 is 2.23 bits per heavy atom. The van der Waals surface area contributed by atoms with Crippen LogP contribution in [0, 0.1) is 6.92 Å². The van der Waals surface area contributed by atoms with Crippen molar-refractivity contribution in [2.75, 3.05) is 17.5 Å². The number of sulfonamides is 1. The molecule has 0 bridgehead atoms. The molecule has 0 fully saturated rings. The maximum absolute atomic E-state index is 13.5. The average molecular weight is 434 g/mol. The van der Waals surface area contributed by atoms with Gasteiger partial charge in [0.1, 0.15) is 5.75 Å². The third-order valence-electron chi connectivity index (χ3n) is 4.60. The van der Waals surface area contributed by atoms with E-state index in [-0.39, 0.29) is 17.9 Å². The van der Waals surface area contributed by atoms with Crippen LogP contribution in [0.2, 0.25) is 0 Å². The third kappa shape index (κ3) is 6.23. The maximum Gasteiger partial charge on any atom is 0.307 e. The van der Waals surface area contributed by atoms with Crippen LogP contribution < -0.4 is 9.04 Å². The number of unbranched alkanes of at least 4 members (excludes halogenated alkanes) is 1. The van der Waals surface area contributed by atoms with Crippen LogP contribution in [0.25, 0.3) is 0 Å². The fraction of sp³-hybridized carbons (Fsp3) is 0.435. The van der Waals surface area contributed by atoms with Crippen LogP contribution >= 0.6 is 0 Å². The number of esters is 1. The predicted molar refractivity (Wildman–Crippen MR) is 118 cm³/mol. The first-order valence-corrected chi connectivity index (χ1v) is 11.7. The van der Waals surface area contributed by atoms with E-state index >= 15 is 0 Å². The van der Waals surface area contributed by atoms with E-state index in [2.05, 4.69) is 6.92 Å². The van der Waals surface area contributed by atoms with E-state index in [9.17, 15) is 13.2 Å². The summed E-state index contributed by atoms with van der Waals surface area (Å²) in [6.07, 6.45) is 1.94. The summed E-state index contributed by atoms with van der Waals surface area (Å²) < 4.78 is 38.9. The fourth-order valence-corrected chi connectivity index (χ4v) is 4.68.